The first-order valence-electron chi connectivity index (χ1n) is 10.2. The van der Waals surface area contributed by atoms with Gasteiger partial charge in [0, 0.05) is 12.0 Å². The van der Waals surface area contributed by atoms with E-state index >= 15 is 0 Å². The van der Waals surface area contributed by atoms with Crippen molar-refractivity contribution in [3.05, 3.63) is 29.3 Å². The van der Waals surface area contributed by atoms with E-state index in [4.69, 9.17) is 15.2 Å². The van der Waals surface area contributed by atoms with Crippen LogP contribution in [-0.2, 0) is 25.2 Å². The Morgan fingerprint density at radius 2 is 1.68 bits per heavy atom. The molecule has 0 aliphatic rings. The zero-order chi connectivity index (χ0) is 21.5. The summed E-state index contributed by atoms with van der Waals surface area (Å²) in [4.78, 5) is 22.7. The van der Waals surface area contributed by atoms with Crippen LogP contribution in [0.3, 0.4) is 0 Å². The molecule has 0 spiro atoms. The molecule has 1 aromatic carbocycles. The second-order valence-electron chi connectivity index (χ2n) is 8.67. The molecule has 0 saturated heterocycles. The van der Waals surface area contributed by atoms with Gasteiger partial charge in [-0.15, -0.1) is 0 Å². The van der Waals surface area contributed by atoms with E-state index in [9.17, 15) is 9.59 Å². The van der Waals surface area contributed by atoms with Crippen LogP contribution in [0.15, 0.2) is 18.2 Å². The number of carbonyl (C=O) groups excluding carboxylic acids is 2. The van der Waals surface area contributed by atoms with Crippen LogP contribution >= 0.6 is 0 Å². The van der Waals surface area contributed by atoms with Gasteiger partial charge in [-0.3, -0.25) is 9.59 Å². The Morgan fingerprint density at radius 3 is 2.21 bits per heavy atom. The molecule has 0 fully saturated rings. The van der Waals surface area contributed by atoms with Crippen LogP contribution in [0.1, 0.15) is 85.3 Å². The number of carbonyl (C=O) groups is 2. The van der Waals surface area contributed by atoms with Crippen molar-refractivity contribution >= 4 is 11.9 Å². The lowest BCUT2D eigenvalue weighted by Gasteiger charge is -2.30. The summed E-state index contributed by atoms with van der Waals surface area (Å²) in [6, 6.07) is 6.45. The van der Waals surface area contributed by atoms with E-state index in [0.717, 1.165) is 18.6 Å². The number of rotatable bonds is 11. The van der Waals surface area contributed by atoms with Gasteiger partial charge in [-0.25, -0.2) is 0 Å². The van der Waals surface area contributed by atoms with E-state index in [1.54, 1.807) is 0 Å². The summed E-state index contributed by atoms with van der Waals surface area (Å²) in [5, 5.41) is 0. The number of benzene rings is 1. The van der Waals surface area contributed by atoms with Gasteiger partial charge in [0.15, 0.2) is 6.10 Å². The number of esters is 1. The van der Waals surface area contributed by atoms with Crippen LogP contribution in [0, 0.1) is 0 Å². The SMILES string of the molecule is CCC(C)(C)c1ccc(OCCCC(=O)OC(C)C(N)=O)c(C(C)(C)CC)c1. The fourth-order valence-electron chi connectivity index (χ4n) is 2.71. The third kappa shape index (κ3) is 6.54. The van der Waals surface area contributed by atoms with Crippen LogP contribution in [-0.4, -0.2) is 24.6 Å². The minimum absolute atomic E-state index is 0.00891. The molecule has 2 N–H and O–H groups in total. The average Bonchev–Trinajstić information content (AvgIpc) is 2.64. The van der Waals surface area contributed by atoms with E-state index in [1.807, 2.05) is 6.07 Å². The number of amides is 1. The highest BCUT2D eigenvalue weighted by atomic mass is 16.5. The molecule has 0 aliphatic heterocycles. The summed E-state index contributed by atoms with van der Waals surface area (Å²) < 4.78 is 11.0. The van der Waals surface area contributed by atoms with E-state index in [-0.39, 0.29) is 17.3 Å². The van der Waals surface area contributed by atoms with Crippen LogP contribution in [0.4, 0.5) is 0 Å². The summed E-state index contributed by atoms with van der Waals surface area (Å²) in [5.74, 6) is -0.225. The maximum Gasteiger partial charge on any atom is 0.306 e. The first kappa shape index (κ1) is 24.0. The third-order valence-electron chi connectivity index (χ3n) is 5.75. The van der Waals surface area contributed by atoms with Gasteiger partial charge in [-0.2, -0.15) is 0 Å². The van der Waals surface area contributed by atoms with Crippen LogP contribution in [0.25, 0.3) is 0 Å². The molecule has 0 saturated carbocycles. The predicted molar refractivity (Wildman–Crippen MR) is 113 cm³/mol. The summed E-state index contributed by atoms with van der Waals surface area (Å²) in [6.07, 6.45) is 1.85. The van der Waals surface area contributed by atoms with Crippen LogP contribution < -0.4 is 10.5 Å². The number of hydrogen-bond donors (Lipinski definition) is 1. The van der Waals surface area contributed by atoms with E-state index in [2.05, 4.69) is 53.7 Å². The Labute approximate surface area is 170 Å². The lowest BCUT2D eigenvalue weighted by atomic mass is 9.76. The van der Waals surface area contributed by atoms with Crippen molar-refractivity contribution in [1.29, 1.82) is 0 Å². The minimum Gasteiger partial charge on any atom is -0.493 e. The first-order valence-corrected chi connectivity index (χ1v) is 10.2. The Morgan fingerprint density at radius 1 is 1.07 bits per heavy atom. The number of hydrogen-bond acceptors (Lipinski definition) is 4. The topological polar surface area (TPSA) is 78.6 Å². The minimum atomic E-state index is -0.903. The van der Waals surface area contributed by atoms with Gasteiger partial charge in [-0.05, 0) is 48.6 Å². The van der Waals surface area contributed by atoms with Crippen molar-refractivity contribution in [1.82, 2.24) is 0 Å². The molecular weight excluding hydrogens is 354 g/mol. The Hall–Kier alpha value is -2.04. The van der Waals surface area contributed by atoms with Gasteiger partial charge in [0.05, 0.1) is 6.61 Å². The highest BCUT2D eigenvalue weighted by Gasteiger charge is 2.26. The Balaban J connectivity index is 2.82. The highest BCUT2D eigenvalue weighted by molar-refractivity contribution is 5.81. The molecule has 5 heteroatoms. The van der Waals surface area contributed by atoms with Crippen molar-refractivity contribution in [2.45, 2.75) is 91.1 Å². The maximum atomic E-state index is 11.7. The van der Waals surface area contributed by atoms with Gasteiger partial charge < -0.3 is 15.2 Å². The molecule has 1 amide bonds. The Kier molecular flexibility index (Phi) is 8.52. The molecular formula is C23H37NO4. The fourth-order valence-corrected chi connectivity index (χ4v) is 2.71. The smallest absolute Gasteiger partial charge is 0.306 e. The lowest BCUT2D eigenvalue weighted by Crippen LogP contribution is -2.30. The van der Waals surface area contributed by atoms with Crippen molar-refractivity contribution in [2.75, 3.05) is 6.61 Å². The van der Waals surface area contributed by atoms with Gasteiger partial charge in [0.1, 0.15) is 5.75 Å². The Bertz CT molecular complexity index is 679. The van der Waals surface area contributed by atoms with E-state index in [1.165, 1.54) is 18.1 Å². The average molecular weight is 392 g/mol. The molecule has 1 aromatic rings. The zero-order valence-electron chi connectivity index (χ0n) is 18.6. The number of ether oxygens (including phenoxy) is 2. The van der Waals surface area contributed by atoms with Crippen molar-refractivity contribution in [3.63, 3.8) is 0 Å². The normalized spacial score (nSPS) is 13.1. The van der Waals surface area contributed by atoms with Crippen molar-refractivity contribution in [3.8, 4) is 5.75 Å². The summed E-state index contributed by atoms with van der Waals surface area (Å²) in [5.41, 5.74) is 7.70. The molecule has 0 radical (unpaired) electrons. The quantitative estimate of drug-likeness (QED) is 0.440. The molecule has 0 aliphatic carbocycles. The monoisotopic (exact) mass is 391 g/mol. The molecule has 28 heavy (non-hydrogen) atoms. The molecule has 0 aromatic heterocycles. The van der Waals surface area contributed by atoms with E-state index < -0.39 is 18.0 Å². The zero-order valence-corrected chi connectivity index (χ0v) is 18.6. The molecule has 1 rings (SSSR count). The van der Waals surface area contributed by atoms with Gasteiger partial charge in [0.2, 0.25) is 0 Å². The summed E-state index contributed by atoms with van der Waals surface area (Å²) in [7, 11) is 0. The molecule has 158 valence electrons. The van der Waals surface area contributed by atoms with E-state index in [0.29, 0.717) is 13.0 Å². The molecule has 1 unspecified atom stereocenters. The van der Waals surface area contributed by atoms with Crippen molar-refractivity contribution < 1.29 is 19.1 Å². The van der Waals surface area contributed by atoms with Gasteiger partial charge >= 0.3 is 5.97 Å². The summed E-state index contributed by atoms with van der Waals surface area (Å²) >= 11 is 0. The fraction of sp³-hybridized carbons (Fsp3) is 0.652. The van der Waals surface area contributed by atoms with Crippen LogP contribution in [0.2, 0.25) is 0 Å². The highest BCUT2D eigenvalue weighted by Crippen LogP contribution is 2.38. The second-order valence-corrected chi connectivity index (χ2v) is 8.67. The summed E-state index contributed by atoms with van der Waals surface area (Å²) in [6.45, 7) is 15.2. The van der Waals surface area contributed by atoms with Crippen molar-refractivity contribution in [2.24, 2.45) is 5.73 Å². The molecule has 0 bridgehead atoms. The third-order valence-corrected chi connectivity index (χ3v) is 5.75. The maximum absolute atomic E-state index is 11.7. The molecule has 1 atom stereocenters. The largest absolute Gasteiger partial charge is 0.493 e. The molecule has 5 nitrogen and oxygen atoms in total. The predicted octanol–water partition coefficient (Wildman–Crippen LogP) is 4.64. The number of primary amides is 1. The standard InChI is InChI=1S/C23H37NO4/c1-8-22(4,5)17-12-13-19(18(15-17)23(6,7)9-2)27-14-10-11-20(25)28-16(3)21(24)26/h12-13,15-16H,8-11,14H2,1-7H3,(H2,24,26). The van der Waals surface area contributed by atoms with Crippen LogP contribution in [0.5, 0.6) is 5.75 Å². The first-order chi connectivity index (χ1) is 12.9. The van der Waals surface area contributed by atoms with Gasteiger partial charge in [-0.1, -0.05) is 53.7 Å². The molecule has 0 heterocycles. The second kappa shape index (κ2) is 9.94. The lowest BCUT2D eigenvalue weighted by molar-refractivity contribution is -0.153. The number of nitrogens with two attached hydrogens (primary N) is 1. The van der Waals surface area contributed by atoms with Gasteiger partial charge in [0.25, 0.3) is 5.91 Å².